The topological polar surface area (TPSA) is 69.8 Å². The van der Waals surface area contributed by atoms with Crippen molar-refractivity contribution in [3.63, 3.8) is 0 Å². The van der Waals surface area contributed by atoms with Crippen LogP contribution in [0.2, 0.25) is 0 Å². The molecule has 0 aliphatic carbocycles. The van der Waals surface area contributed by atoms with Crippen molar-refractivity contribution in [3.8, 4) is 0 Å². The highest BCUT2D eigenvalue weighted by molar-refractivity contribution is 5.92. The van der Waals surface area contributed by atoms with Crippen molar-refractivity contribution < 1.29 is 14.4 Å². The molecular weight excluding hydrogens is 222 g/mol. The summed E-state index contributed by atoms with van der Waals surface area (Å²) in [5.74, 6) is 0.567. The quantitative estimate of drug-likeness (QED) is 0.786. The maximum atomic E-state index is 12.0. The van der Waals surface area contributed by atoms with Crippen molar-refractivity contribution in [3.05, 3.63) is 17.5 Å². The van der Waals surface area contributed by atoms with Crippen molar-refractivity contribution >= 4 is 5.91 Å². The Morgan fingerprint density at radius 3 is 2.71 bits per heavy atom. The summed E-state index contributed by atoms with van der Waals surface area (Å²) >= 11 is 0. The minimum absolute atomic E-state index is 0.0782. The molecule has 1 amide bonds. The molecule has 6 nitrogen and oxygen atoms in total. The SMILES string of the molecule is Cc1cc(C(=O)N2CCN(CCO)CC2)no1. The second kappa shape index (κ2) is 5.29. The van der Waals surface area contributed by atoms with Crippen LogP contribution in [0.4, 0.5) is 0 Å². The maximum Gasteiger partial charge on any atom is 0.276 e. The standard InChI is InChI=1S/C11H17N3O3/c1-9-8-10(12-17-9)11(16)14-4-2-13(3-5-14)6-7-15/h8,15H,2-7H2,1H3. The Labute approximate surface area is 99.8 Å². The monoisotopic (exact) mass is 239 g/mol. The Morgan fingerprint density at radius 2 is 2.18 bits per heavy atom. The van der Waals surface area contributed by atoms with E-state index in [1.807, 2.05) is 0 Å². The maximum absolute atomic E-state index is 12.0. The summed E-state index contributed by atoms with van der Waals surface area (Å²) in [5.41, 5.74) is 0.373. The zero-order chi connectivity index (χ0) is 12.3. The molecular formula is C11H17N3O3. The minimum atomic E-state index is -0.0782. The lowest BCUT2D eigenvalue weighted by atomic mass is 10.2. The van der Waals surface area contributed by atoms with Gasteiger partial charge in [0.1, 0.15) is 5.76 Å². The van der Waals surface area contributed by atoms with Crippen molar-refractivity contribution in [2.24, 2.45) is 0 Å². The van der Waals surface area contributed by atoms with Crippen LogP contribution >= 0.6 is 0 Å². The van der Waals surface area contributed by atoms with Gasteiger partial charge in [0, 0.05) is 38.8 Å². The largest absolute Gasteiger partial charge is 0.395 e. The zero-order valence-electron chi connectivity index (χ0n) is 9.93. The van der Waals surface area contributed by atoms with Gasteiger partial charge in [-0.1, -0.05) is 5.16 Å². The van der Waals surface area contributed by atoms with Crippen LogP contribution in [-0.2, 0) is 0 Å². The first kappa shape index (κ1) is 12.1. The summed E-state index contributed by atoms with van der Waals surface area (Å²) in [6.07, 6.45) is 0. The third-order valence-electron chi connectivity index (χ3n) is 2.92. The van der Waals surface area contributed by atoms with E-state index < -0.39 is 0 Å². The number of carbonyl (C=O) groups excluding carboxylic acids is 1. The molecule has 1 N–H and O–H groups in total. The van der Waals surface area contributed by atoms with Crippen LogP contribution in [0.1, 0.15) is 16.2 Å². The zero-order valence-corrected chi connectivity index (χ0v) is 9.93. The number of carbonyl (C=O) groups is 1. The number of aliphatic hydroxyl groups is 1. The van der Waals surface area contributed by atoms with Gasteiger partial charge in [0.15, 0.2) is 5.69 Å². The molecule has 0 radical (unpaired) electrons. The molecule has 1 aliphatic rings. The molecule has 17 heavy (non-hydrogen) atoms. The van der Waals surface area contributed by atoms with E-state index in [4.69, 9.17) is 9.63 Å². The number of aromatic nitrogens is 1. The van der Waals surface area contributed by atoms with Crippen molar-refractivity contribution in [2.45, 2.75) is 6.92 Å². The van der Waals surface area contributed by atoms with Crippen LogP contribution in [0.15, 0.2) is 10.6 Å². The Bertz CT molecular complexity index is 383. The van der Waals surface area contributed by atoms with Gasteiger partial charge >= 0.3 is 0 Å². The molecule has 94 valence electrons. The molecule has 1 fully saturated rings. The number of rotatable bonds is 3. The summed E-state index contributed by atoms with van der Waals surface area (Å²) in [6, 6.07) is 1.66. The third kappa shape index (κ3) is 2.83. The average Bonchev–Trinajstić information content (AvgIpc) is 2.76. The van der Waals surface area contributed by atoms with Gasteiger partial charge in [-0.25, -0.2) is 0 Å². The van der Waals surface area contributed by atoms with E-state index in [0.29, 0.717) is 31.1 Å². The van der Waals surface area contributed by atoms with Crippen molar-refractivity contribution in [1.29, 1.82) is 0 Å². The number of nitrogens with zero attached hydrogens (tertiary/aromatic N) is 3. The number of aliphatic hydroxyl groups excluding tert-OH is 1. The lowest BCUT2D eigenvalue weighted by Crippen LogP contribution is -2.49. The predicted molar refractivity (Wildman–Crippen MR) is 60.7 cm³/mol. The molecule has 1 aromatic rings. The van der Waals surface area contributed by atoms with Crippen molar-refractivity contribution in [1.82, 2.24) is 15.0 Å². The van der Waals surface area contributed by atoms with Gasteiger partial charge < -0.3 is 14.5 Å². The molecule has 6 heteroatoms. The van der Waals surface area contributed by atoms with E-state index in [1.165, 1.54) is 0 Å². The van der Waals surface area contributed by atoms with E-state index in [2.05, 4.69) is 10.1 Å². The second-order valence-corrected chi connectivity index (χ2v) is 4.18. The van der Waals surface area contributed by atoms with Crippen LogP contribution in [0.3, 0.4) is 0 Å². The van der Waals surface area contributed by atoms with Gasteiger partial charge in [-0.15, -0.1) is 0 Å². The van der Waals surface area contributed by atoms with Crippen LogP contribution < -0.4 is 0 Å². The fraction of sp³-hybridized carbons (Fsp3) is 0.636. The minimum Gasteiger partial charge on any atom is -0.395 e. The van der Waals surface area contributed by atoms with Gasteiger partial charge in [0.05, 0.1) is 6.61 Å². The van der Waals surface area contributed by atoms with Gasteiger partial charge in [-0.05, 0) is 6.92 Å². The first-order valence-corrected chi connectivity index (χ1v) is 5.76. The van der Waals surface area contributed by atoms with Crippen LogP contribution in [0, 0.1) is 6.92 Å². The number of hydrogen-bond acceptors (Lipinski definition) is 5. The van der Waals surface area contributed by atoms with Crippen LogP contribution in [0.25, 0.3) is 0 Å². The van der Waals surface area contributed by atoms with E-state index in [0.717, 1.165) is 13.1 Å². The molecule has 2 rings (SSSR count). The molecule has 2 heterocycles. The second-order valence-electron chi connectivity index (χ2n) is 4.18. The predicted octanol–water partition coefficient (Wildman–Crippen LogP) is -0.267. The third-order valence-corrected chi connectivity index (χ3v) is 2.92. The van der Waals surface area contributed by atoms with E-state index in [9.17, 15) is 4.79 Å². The summed E-state index contributed by atoms with van der Waals surface area (Å²) in [4.78, 5) is 15.9. The summed E-state index contributed by atoms with van der Waals surface area (Å²) in [6.45, 7) is 5.53. The Hall–Kier alpha value is -1.40. The van der Waals surface area contributed by atoms with E-state index >= 15 is 0 Å². The molecule has 0 saturated carbocycles. The van der Waals surface area contributed by atoms with Gasteiger partial charge in [-0.2, -0.15) is 0 Å². The highest BCUT2D eigenvalue weighted by atomic mass is 16.5. The highest BCUT2D eigenvalue weighted by Gasteiger charge is 2.23. The van der Waals surface area contributed by atoms with Gasteiger partial charge in [0.25, 0.3) is 5.91 Å². The molecule has 0 aromatic carbocycles. The smallest absolute Gasteiger partial charge is 0.276 e. The first-order chi connectivity index (χ1) is 8.20. The molecule has 0 spiro atoms. The molecule has 1 aliphatic heterocycles. The summed E-state index contributed by atoms with van der Waals surface area (Å²) in [7, 11) is 0. The molecule has 0 bridgehead atoms. The Balaban J connectivity index is 1.90. The fourth-order valence-electron chi connectivity index (χ4n) is 1.95. The highest BCUT2D eigenvalue weighted by Crippen LogP contribution is 2.09. The van der Waals surface area contributed by atoms with Crippen LogP contribution in [0.5, 0.6) is 0 Å². The van der Waals surface area contributed by atoms with Gasteiger partial charge in [0.2, 0.25) is 0 Å². The average molecular weight is 239 g/mol. The van der Waals surface area contributed by atoms with E-state index in [-0.39, 0.29) is 12.5 Å². The molecule has 1 saturated heterocycles. The Morgan fingerprint density at radius 1 is 1.47 bits per heavy atom. The lowest BCUT2D eigenvalue weighted by molar-refractivity contribution is 0.0605. The normalized spacial score (nSPS) is 17.4. The number of aryl methyl sites for hydroxylation is 1. The number of β-amino-alcohol motifs (C(OH)–C–C–N with tert-alkyl or cyclic N) is 1. The lowest BCUT2D eigenvalue weighted by Gasteiger charge is -2.33. The number of hydrogen-bond donors (Lipinski definition) is 1. The molecule has 1 aromatic heterocycles. The van der Waals surface area contributed by atoms with Crippen molar-refractivity contribution in [2.75, 3.05) is 39.3 Å². The van der Waals surface area contributed by atoms with Gasteiger partial charge in [-0.3, -0.25) is 9.69 Å². The summed E-state index contributed by atoms with van der Waals surface area (Å²) in [5, 5.41) is 12.6. The summed E-state index contributed by atoms with van der Waals surface area (Å²) < 4.78 is 4.90. The molecule has 0 atom stereocenters. The number of piperazine rings is 1. The first-order valence-electron chi connectivity index (χ1n) is 5.76. The fourth-order valence-corrected chi connectivity index (χ4v) is 1.95. The van der Waals surface area contributed by atoms with Crippen LogP contribution in [-0.4, -0.2) is 65.3 Å². The number of amides is 1. The van der Waals surface area contributed by atoms with E-state index in [1.54, 1.807) is 17.9 Å². The molecule has 0 unspecified atom stereocenters. The Kier molecular flexibility index (Phi) is 3.75.